The predicted octanol–water partition coefficient (Wildman–Crippen LogP) is 3.43. The van der Waals surface area contributed by atoms with Gasteiger partial charge in [0.15, 0.2) is 0 Å². The molecule has 2 heterocycles. The third-order valence-electron chi connectivity index (χ3n) is 6.52. The van der Waals surface area contributed by atoms with E-state index >= 15 is 0 Å². The zero-order chi connectivity index (χ0) is 22.1. The van der Waals surface area contributed by atoms with Crippen molar-refractivity contribution < 1.29 is 14.3 Å². The van der Waals surface area contributed by atoms with Crippen LogP contribution in [0.15, 0.2) is 24.3 Å². The number of hydrogen-bond donors (Lipinski definition) is 1. The lowest BCUT2D eigenvalue weighted by Gasteiger charge is -2.28. The van der Waals surface area contributed by atoms with Crippen LogP contribution >= 0.6 is 0 Å². The molecule has 7 heteroatoms. The van der Waals surface area contributed by atoms with E-state index < -0.39 is 11.1 Å². The number of ether oxygens (including phenoxy) is 1. The molecule has 1 aromatic heterocycles. The maximum absolute atomic E-state index is 13.2. The molecule has 0 radical (unpaired) electrons. The van der Waals surface area contributed by atoms with Crippen LogP contribution in [0.25, 0.3) is 10.9 Å². The zero-order valence-corrected chi connectivity index (χ0v) is 18.9. The Bertz CT molecular complexity index is 1020. The van der Waals surface area contributed by atoms with E-state index in [4.69, 9.17) is 4.74 Å². The number of nitrogens with one attached hydrogen (secondary N) is 1. The standard InChI is InChI=1S/C23H32N4O3/c1-21(2,3)30-20(29)27-12-15-17(23(15,6)13-27)19(28)24-22(4,5)18-14-10-8-9-11-16(14)26(7)25-18/h8-11,15,17H,12-13H2,1-7H3,(H,24,28). The third kappa shape index (κ3) is 3.34. The second kappa shape index (κ2) is 6.46. The molecule has 1 N–H and O–H groups in total. The molecule has 1 saturated carbocycles. The lowest BCUT2D eigenvalue weighted by molar-refractivity contribution is -0.125. The van der Waals surface area contributed by atoms with E-state index in [1.807, 2.05) is 70.6 Å². The summed E-state index contributed by atoms with van der Waals surface area (Å²) >= 11 is 0. The highest BCUT2D eigenvalue weighted by Gasteiger charge is 2.70. The second-order valence-corrected chi connectivity index (χ2v) is 10.6. The zero-order valence-electron chi connectivity index (χ0n) is 18.9. The third-order valence-corrected chi connectivity index (χ3v) is 6.52. The number of piperidine rings is 1. The van der Waals surface area contributed by atoms with Gasteiger partial charge < -0.3 is 15.0 Å². The normalized spacial score (nSPS) is 25.9. The highest BCUT2D eigenvalue weighted by molar-refractivity contribution is 5.87. The number of para-hydroxylation sites is 1. The molecule has 7 nitrogen and oxygen atoms in total. The summed E-state index contributed by atoms with van der Waals surface area (Å²) in [6.07, 6.45) is -0.296. The van der Waals surface area contributed by atoms with Crippen LogP contribution in [0.4, 0.5) is 4.79 Å². The SMILES string of the molecule is Cn1nc(C(C)(C)NC(=O)C2C3CN(C(=O)OC(C)(C)C)CC32C)c2ccccc21. The molecule has 0 bridgehead atoms. The van der Waals surface area contributed by atoms with Crippen LogP contribution in [-0.4, -0.2) is 45.4 Å². The second-order valence-electron chi connectivity index (χ2n) is 10.6. The molecule has 4 rings (SSSR count). The van der Waals surface area contributed by atoms with Crippen LogP contribution in [0.1, 0.15) is 47.2 Å². The minimum absolute atomic E-state index is 0.0334. The quantitative estimate of drug-likeness (QED) is 0.838. The molecule has 3 atom stereocenters. The van der Waals surface area contributed by atoms with E-state index in [1.54, 1.807) is 4.90 Å². The average Bonchev–Trinajstić information content (AvgIpc) is 2.88. The fourth-order valence-electron chi connectivity index (χ4n) is 4.97. The summed E-state index contributed by atoms with van der Waals surface area (Å²) < 4.78 is 7.34. The van der Waals surface area contributed by atoms with Gasteiger partial charge in [-0.15, -0.1) is 0 Å². The number of rotatable bonds is 3. The Labute approximate surface area is 177 Å². The van der Waals surface area contributed by atoms with Crippen molar-refractivity contribution >= 4 is 22.9 Å². The van der Waals surface area contributed by atoms with E-state index in [2.05, 4.69) is 17.3 Å². The van der Waals surface area contributed by atoms with E-state index in [1.165, 1.54) is 0 Å². The molecule has 1 aliphatic heterocycles. The molecule has 162 valence electrons. The molecule has 30 heavy (non-hydrogen) atoms. The van der Waals surface area contributed by atoms with E-state index in [0.717, 1.165) is 16.6 Å². The van der Waals surface area contributed by atoms with Crippen LogP contribution < -0.4 is 5.32 Å². The number of aryl methyl sites for hydroxylation is 1. The Balaban J connectivity index is 1.45. The summed E-state index contributed by atoms with van der Waals surface area (Å²) in [6.45, 7) is 12.8. The fourth-order valence-corrected chi connectivity index (χ4v) is 4.97. The first-order valence-corrected chi connectivity index (χ1v) is 10.6. The highest BCUT2D eigenvalue weighted by Crippen LogP contribution is 2.63. The topological polar surface area (TPSA) is 76.5 Å². The number of amides is 2. The molecular weight excluding hydrogens is 380 g/mol. The molecule has 2 fully saturated rings. The number of carbonyl (C=O) groups excluding carboxylic acids is 2. The van der Waals surface area contributed by atoms with Crippen molar-refractivity contribution in [2.45, 2.75) is 52.7 Å². The molecule has 2 amide bonds. The summed E-state index contributed by atoms with van der Waals surface area (Å²) in [5.41, 5.74) is 0.592. The Morgan fingerprint density at radius 2 is 1.87 bits per heavy atom. The molecule has 1 aliphatic carbocycles. The van der Waals surface area contributed by atoms with Crippen molar-refractivity contribution in [2.24, 2.45) is 24.3 Å². The molecule has 1 aromatic carbocycles. The fraction of sp³-hybridized carbons (Fsp3) is 0.609. The van der Waals surface area contributed by atoms with Crippen LogP contribution in [0.3, 0.4) is 0 Å². The smallest absolute Gasteiger partial charge is 0.410 e. The van der Waals surface area contributed by atoms with Gasteiger partial charge in [-0.25, -0.2) is 4.79 Å². The van der Waals surface area contributed by atoms with Crippen molar-refractivity contribution in [3.05, 3.63) is 30.0 Å². The largest absolute Gasteiger partial charge is 0.444 e. The number of carbonyl (C=O) groups is 2. The lowest BCUT2D eigenvalue weighted by atomic mass is 9.96. The van der Waals surface area contributed by atoms with Crippen molar-refractivity contribution in [3.63, 3.8) is 0 Å². The van der Waals surface area contributed by atoms with Gasteiger partial charge in [-0.3, -0.25) is 9.48 Å². The first kappa shape index (κ1) is 20.7. The summed E-state index contributed by atoms with van der Waals surface area (Å²) in [5.74, 6) is 0.109. The number of benzene rings is 1. The van der Waals surface area contributed by atoms with Crippen LogP contribution in [0.2, 0.25) is 0 Å². The molecule has 0 spiro atoms. The Kier molecular flexibility index (Phi) is 4.46. The Hall–Kier alpha value is -2.57. The first-order valence-electron chi connectivity index (χ1n) is 10.6. The number of hydrogen-bond acceptors (Lipinski definition) is 4. The monoisotopic (exact) mass is 412 g/mol. The van der Waals surface area contributed by atoms with E-state index in [0.29, 0.717) is 13.1 Å². The molecular formula is C23H32N4O3. The Morgan fingerprint density at radius 3 is 2.47 bits per heavy atom. The summed E-state index contributed by atoms with van der Waals surface area (Å²) in [6, 6.07) is 8.05. The minimum atomic E-state index is -0.601. The molecule has 2 aromatic rings. The number of nitrogens with zero attached hydrogens (tertiary/aromatic N) is 3. The Morgan fingerprint density at radius 1 is 1.20 bits per heavy atom. The minimum Gasteiger partial charge on any atom is -0.444 e. The first-order chi connectivity index (χ1) is 13.8. The summed E-state index contributed by atoms with van der Waals surface area (Å²) in [5, 5.41) is 8.96. The van der Waals surface area contributed by atoms with Crippen molar-refractivity contribution in [2.75, 3.05) is 13.1 Å². The van der Waals surface area contributed by atoms with Gasteiger partial charge in [0.2, 0.25) is 5.91 Å². The predicted molar refractivity (Wildman–Crippen MR) is 115 cm³/mol. The van der Waals surface area contributed by atoms with Crippen LogP contribution in [0.5, 0.6) is 0 Å². The molecule has 1 saturated heterocycles. The van der Waals surface area contributed by atoms with Gasteiger partial charge in [0, 0.05) is 30.9 Å². The van der Waals surface area contributed by atoms with E-state index in [-0.39, 0.29) is 29.3 Å². The van der Waals surface area contributed by atoms with Gasteiger partial charge in [-0.2, -0.15) is 5.10 Å². The number of likely N-dealkylation sites (tertiary alicyclic amines) is 1. The van der Waals surface area contributed by atoms with Gasteiger partial charge in [-0.1, -0.05) is 25.1 Å². The van der Waals surface area contributed by atoms with Gasteiger partial charge in [0.05, 0.1) is 22.7 Å². The lowest BCUT2D eigenvalue weighted by Crippen LogP contribution is -2.45. The van der Waals surface area contributed by atoms with Crippen LogP contribution in [0, 0.1) is 17.3 Å². The summed E-state index contributed by atoms with van der Waals surface area (Å²) in [7, 11) is 1.92. The van der Waals surface area contributed by atoms with Gasteiger partial charge >= 0.3 is 6.09 Å². The van der Waals surface area contributed by atoms with Crippen molar-refractivity contribution in [1.29, 1.82) is 0 Å². The van der Waals surface area contributed by atoms with Gasteiger partial charge in [0.1, 0.15) is 5.60 Å². The maximum atomic E-state index is 13.2. The molecule has 3 unspecified atom stereocenters. The number of fused-ring (bicyclic) bond motifs is 2. The maximum Gasteiger partial charge on any atom is 0.410 e. The van der Waals surface area contributed by atoms with Crippen molar-refractivity contribution in [1.82, 2.24) is 20.0 Å². The van der Waals surface area contributed by atoms with Gasteiger partial charge in [-0.05, 0) is 46.6 Å². The average molecular weight is 413 g/mol. The number of aromatic nitrogens is 2. The summed E-state index contributed by atoms with van der Waals surface area (Å²) in [4.78, 5) is 27.3. The van der Waals surface area contributed by atoms with Crippen molar-refractivity contribution in [3.8, 4) is 0 Å². The van der Waals surface area contributed by atoms with Gasteiger partial charge in [0.25, 0.3) is 0 Å². The van der Waals surface area contributed by atoms with E-state index in [9.17, 15) is 9.59 Å². The highest BCUT2D eigenvalue weighted by atomic mass is 16.6. The molecule has 2 aliphatic rings. The van der Waals surface area contributed by atoms with Crippen LogP contribution in [-0.2, 0) is 22.1 Å².